The summed E-state index contributed by atoms with van der Waals surface area (Å²) in [5.74, 6) is 5.71. The highest BCUT2D eigenvalue weighted by Gasteiger charge is 2.25. The fourth-order valence-electron chi connectivity index (χ4n) is 2.72. The van der Waals surface area contributed by atoms with Crippen molar-refractivity contribution >= 4 is 11.7 Å². The summed E-state index contributed by atoms with van der Waals surface area (Å²) < 4.78 is 0. The molecule has 1 aromatic rings. The second-order valence-corrected chi connectivity index (χ2v) is 5.09. The lowest BCUT2D eigenvalue weighted by molar-refractivity contribution is 0.0585. The molecule has 0 radical (unpaired) electrons. The van der Waals surface area contributed by atoms with Crippen LogP contribution in [-0.2, 0) is 0 Å². The van der Waals surface area contributed by atoms with Crippen molar-refractivity contribution in [3.63, 3.8) is 0 Å². The molecule has 6 nitrogen and oxygen atoms in total. The second-order valence-electron chi connectivity index (χ2n) is 5.09. The fraction of sp³-hybridized carbons (Fsp3) is 0.571. The number of anilines is 1. The number of amides is 1. The van der Waals surface area contributed by atoms with E-state index in [9.17, 15) is 9.90 Å². The van der Waals surface area contributed by atoms with Gasteiger partial charge < -0.3 is 15.4 Å². The van der Waals surface area contributed by atoms with Gasteiger partial charge in [-0.1, -0.05) is 19.3 Å². The first-order valence-corrected chi connectivity index (χ1v) is 7.10. The molecule has 2 rings (SSSR count). The first-order valence-electron chi connectivity index (χ1n) is 7.10. The number of carbonyl (C=O) groups is 1. The van der Waals surface area contributed by atoms with Gasteiger partial charge in [-0.25, -0.2) is 10.8 Å². The van der Waals surface area contributed by atoms with Crippen LogP contribution in [0.4, 0.5) is 5.82 Å². The van der Waals surface area contributed by atoms with Crippen molar-refractivity contribution < 1.29 is 9.90 Å². The Balaban J connectivity index is 2.12. The maximum atomic E-state index is 12.6. The minimum Gasteiger partial charge on any atom is -0.395 e. The number of aromatic nitrogens is 1. The number of rotatable bonds is 5. The van der Waals surface area contributed by atoms with E-state index < -0.39 is 0 Å². The zero-order valence-corrected chi connectivity index (χ0v) is 11.6. The summed E-state index contributed by atoms with van der Waals surface area (Å²) in [4.78, 5) is 18.4. The van der Waals surface area contributed by atoms with Crippen molar-refractivity contribution in [1.29, 1.82) is 0 Å². The molecule has 0 bridgehead atoms. The molecule has 0 atom stereocenters. The van der Waals surface area contributed by atoms with Gasteiger partial charge in [-0.05, 0) is 25.0 Å². The summed E-state index contributed by atoms with van der Waals surface area (Å²) in [6, 6.07) is 3.61. The van der Waals surface area contributed by atoms with E-state index in [0.29, 0.717) is 17.9 Å². The number of nitrogens with two attached hydrogens (primary N) is 1. The van der Waals surface area contributed by atoms with Crippen LogP contribution in [0.5, 0.6) is 0 Å². The normalized spacial score (nSPS) is 15.9. The Hall–Kier alpha value is -1.66. The van der Waals surface area contributed by atoms with Crippen LogP contribution >= 0.6 is 0 Å². The first-order chi connectivity index (χ1) is 9.76. The number of nitrogens with zero attached hydrogens (tertiary/aromatic N) is 2. The van der Waals surface area contributed by atoms with E-state index in [1.165, 1.54) is 12.6 Å². The number of pyridine rings is 1. The average molecular weight is 278 g/mol. The van der Waals surface area contributed by atoms with Crippen LogP contribution in [-0.4, -0.2) is 40.1 Å². The quantitative estimate of drug-likeness (QED) is 0.555. The Morgan fingerprint density at radius 1 is 1.40 bits per heavy atom. The smallest absolute Gasteiger partial charge is 0.255 e. The van der Waals surface area contributed by atoms with Crippen molar-refractivity contribution in [2.24, 2.45) is 5.84 Å². The zero-order valence-electron chi connectivity index (χ0n) is 11.6. The third kappa shape index (κ3) is 3.46. The van der Waals surface area contributed by atoms with Crippen molar-refractivity contribution in [3.05, 3.63) is 23.9 Å². The highest BCUT2D eigenvalue weighted by atomic mass is 16.3. The molecule has 110 valence electrons. The van der Waals surface area contributed by atoms with E-state index in [0.717, 1.165) is 25.7 Å². The minimum absolute atomic E-state index is 0.0158. The summed E-state index contributed by atoms with van der Waals surface area (Å²) in [6.07, 6.45) is 7.08. The lowest BCUT2D eigenvalue weighted by Crippen LogP contribution is -2.43. The predicted octanol–water partition coefficient (Wildman–Crippen LogP) is 1.13. The molecular weight excluding hydrogens is 256 g/mol. The molecule has 6 heteroatoms. The van der Waals surface area contributed by atoms with Gasteiger partial charge in [0.25, 0.3) is 5.91 Å². The number of aliphatic hydroxyl groups is 1. The van der Waals surface area contributed by atoms with E-state index in [2.05, 4.69) is 10.4 Å². The molecule has 1 aromatic heterocycles. The molecule has 0 aliphatic heterocycles. The summed E-state index contributed by atoms with van der Waals surface area (Å²) in [6.45, 7) is 0.360. The molecule has 4 N–H and O–H groups in total. The largest absolute Gasteiger partial charge is 0.395 e. The van der Waals surface area contributed by atoms with Gasteiger partial charge in [0.1, 0.15) is 5.82 Å². The van der Waals surface area contributed by atoms with Gasteiger partial charge in [-0.3, -0.25) is 4.79 Å². The molecular formula is C14H22N4O2. The molecule has 1 aliphatic rings. The Labute approximate surface area is 119 Å². The summed E-state index contributed by atoms with van der Waals surface area (Å²) in [7, 11) is 0. The van der Waals surface area contributed by atoms with Crippen LogP contribution in [0.2, 0.25) is 0 Å². The Morgan fingerprint density at radius 3 is 2.70 bits per heavy atom. The van der Waals surface area contributed by atoms with E-state index >= 15 is 0 Å². The molecule has 0 unspecified atom stereocenters. The predicted molar refractivity (Wildman–Crippen MR) is 77.0 cm³/mol. The van der Waals surface area contributed by atoms with E-state index in [1.54, 1.807) is 17.0 Å². The van der Waals surface area contributed by atoms with Crippen molar-refractivity contribution in [2.75, 3.05) is 18.6 Å². The number of hydrazine groups is 1. The van der Waals surface area contributed by atoms with Crippen LogP contribution in [0.15, 0.2) is 18.3 Å². The maximum absolute atomic E-state index is 12.6. The summed E-state index contributed by atoms with van der Waals surface area (Å²) in [5, 5.41) is 9.21. The number of carbonyl (C=O) groups excluding carboxylic acids is 1. The van der Waals surface area contributed by atoms with E-state index in [-0.39, 0.29) is 18.6 Å². The molecule has 1 saturated carbocycles. The lowest BCUT2D eigenvalue weighted by Gasteiger charge is -2.34. The van der Waals surface area contributed by atoms with Crippen LogP contribution in [0.25, 0.3) is 0 Å². The van der Waals surface area contributed by atoms with Gasteiger partial charge in [0.15, 0.2) is 0 Å². The molecule has 0 saturated heterocycles. The number of nitrogens with one attached hydrogen (secondary N) is 1. The second kappa shape index (κ2) is 7.21. The molecule has 1 aliphatic carbocycles. The van der Waals surface area contributed by atoms with E-state index in [1.807, 2.05) is 0 Å². The Bertz CT molecular complexity index is 429. The van der Waals surface area contributed by atoms with Gasteiger partial charge in [0.05, 0.1) is 12.2 Å². The van der Waals surface area contributed by atoms with Gasteiger partial charge in [0, 0.05) is 18.8 Å². The van der Waals surface area contributed by atoms with Gasteiger partial charge in [-0.2, -0.15) is 0 Å². The molecule has 0 aromatic carbocycles. The third-order valence-electron chi connectivity index (χ3n) is 3.78. The third-order valence-corrected chi connectivity index (χ3v) is 3.78. The van der Waals surface area contributed by atoms with Crippen LogP contribution < -0.4 is 11.3 Å². The lowest BCUT2D eigenvalue weighted by atomic mass is 9.93. The Morgan fingerprint density at radius 2 is 2.15 bits per heavy atom. The van der Waals surface area contributed by atoms with Crippen LogP contribution in [0.3, 0.4) is 0 Å². The molecule has 0 spiro atoms. The Kier molecular flexibility index (Phi) is 5.31. The van der Waals surface area contributed by atoms with Gasteiger partial charge in [0.2, 0.25) is 0 Å². The SMILES string of the molecule is NNc1ccc(C(=O)N(CCO)C2CCCCC2)cn1. The molecule has 1 heterocycles. The number of hydrogen-bond donors (Lipinski definition) is 3. The summed E-state index contributed by atoms with van der Waals surface area (Å²) in [5.41, 5.74) is 2.97. The molecule has 1 fully saturated rings. The van der Waals surface area contributed by atoms with Crippen molar-refractivity contribution in [1.82, 2.24) is 9.88 Å². The molecule has 1 amide bonds. The van der Waals surface area contributed by atoms with E-state index in [4.69, 9.17) is 5.84 Å². The van der Waals surface area contributed by atoms with Crippen molar-refractivity contribution in [3.8, 4) is 0 Å². The maximum Gasteiger partial charge on any atom is 0.255 e. The molecule has 20 heavy (non-hydrogen) atoms. The van der Waals surface area contributed by atoms with Gasteiger partial charge in [-0.15, -0.1) is 0 Å². The van der Waals surface area contributed by atoms with Gasteiger partial charge >= 0.3 is 0 Å². The monoisotopic (exact) mass is 278 g/mol. The highest BCUT2D eigenvalue weighted by Crippen LogP contribution is 2.23. The standard InChI is InChI=1S/C14H22N4O2/c15-17-13-7-6-11(10-16-13)14(20)18(8-9-19)12-4-2-1-3-5-12/h6-7,10,12,19H,1-5,8-9,15H2,(H,16,17). The zero-order chi connectivity index (χ0) is 14.4. The van der Waals surface area contributed by atoms with Crippen LogP contribution in [0, 0.1) is 0 Å². The number of nitrogen functional groups attached to an aromatic ring is 1. The van der Waals surface area contributed by atoms with Crippen LogP contribution in [0.1, 0.15) is 42.5 Å². The topological polar surface area (TPSA) is 91.5 Å². The summed E-state index contributed by atoms with van der Waals surface area (Å²) >= 11 is 0. The van der Waals surface area contributed by atoms with Crippen molar-refractivity contribution in [2.45, 2.75) is 38.1 Å². The minimum atomic E-state index is -0.0676. The fourth-order valence-corrected chi connectivity index (χ4v) is 2.72. The number of hydrogen-bond acceptors (Lipinski definition) is 5. The first kappa shape index (κ1) is 14.7. The highest BCUT2D eigenvalue weighted by molar-refractivity contribution is 5.94. The number of aliphatic hydroxyl groups excluding tert-OH is 1. The average Bonchev–Trinajstić information content (AvgIpc) is 2.53.